The molecule has 0 amide bonds. The average Bonchev–Trinajstić information content (AvgIpc) is 3.39. The van der Waals surface area contributed by atoms with Gasteiger partial charge in [-0.05, 0) is 23.6 Å². The third kappa shape index (κ3) is 2.75. The number of thiophene rings is 1. The third-order valence-electron chi connectivity index (χ3n) is 4.19. The van der Waals surface area contributed by atoms with Gasteiger partial charge in [0, 0.05) is 12.4 Å². The van der Waals surface area contributed by atoms with Crippen LogP contribution in [-0.2, 0) is 12.8 Å². The van der Waals surface area contributed by atoms with E-state index < -0.39 is 0 Å². The normalized spacial score (nSPS) is 11.6. The van der Waals surface area contributed by atoms with Crippen LogP contribution in [0.2, 0.25) is 0 Å². The lowest BCUT2D eigenvalue weighted by Gasteiger charge is -2.02. The number of H-pyrrole nitrogens is 1. The molecule has 27 heavy (non-hydrogen) atoms. The summed E-state index contributed by atoms with van der Waals surface area (Å²) in [6.45, 7) is 0. The Morgan fingerprint density at radius 1 is 1.22 bits per heavy atom. The summed E-state index contributed by atoms with van der Waals surface area (Å²) >= 11 is 3.09. The van der Waals surface area contributed by atoms with Gasteiger partial charge in [-0.15, -0.1) is 21.5 Å². The van der Waals surface area contributed by atoms with E-state index in [1.807, 2.05) is 53.4 Å². The van der Waals surface area contributed by atoms with Crippen molar-refractivity contribution in [2.45, 2.75) is 10.9 Å². The van der Waals surface area contributed by atoms with Crippen LogP contribution in [0.15, 0.2) is 56.1 Å². The molecule has 0 aliphatic carbocycles. The molecule has 0 spiro atoms. The summed E-state index contributed by atoms with van der Waals surface area (Å²) in [4.78, 5) is 20.8. The van der Waals surface area contributed by atoms with Crippen molar-refractivity contribution < 1.29 is 4.42 Å². The van der Waals surface area contributed by atoms with Gasteiger partial charge in [0.15, 0.2) is 11.0 Å². The van der Waals surface area contributed by atoms with Gasteiger partial charge in [-0.2, -0.15) is 0 Å². The number of nitrogens with zero attached hydrogens (tertiary/aromatic N) is 4. The van der Waals surface area contributed by atoms with Crippen LogP contribution in [-0.4, -0.2) is 24.7 Å². The summed E-state index contributed by atoms with van der Waals surface area (Å²) in [5.41, 5.74) is 1.22. The Labute approximate surface area is 161 Å². The molecule has 0 saturated heterocycles. The van der Waals surface area contributed by atoms with Crippen LogP contribution >= 0.6 is 23.1 Å². The van der Waals surface area contributed by atoms with E-state index in [9.17, 15) is 4.79 Å². The standard InChI is InChI=1S/C18H13N5O2S2/c1-23-16(12-7-4-8-26-12)21-22-18(23)27-9-13-19-14-10-5-2-3-6-11(10)25-15(14)17(24)20-13/h2-8H,9H2,1H3,(H,19,20,24). The van der Waals surface area contributed by atoms with Crippen molar-refractivity contribution in [1.29, 1.82) is 0 Å². The molecule has 7 nitrogen and oxygen atoms in total. The molecule has 0 aliphatic rings. The summed E-state index contributed by atoms with van der Waals surface area (Å²) in [5, 5.41) is 12.1. The molecule has 0 unspecified atom stereocenters. The van der Waals surface area contributed by atoms with Crippen LogP contribution in [0.1, 0.15) is 5.82 Å². The molecule has 1 aromatic carbocycles. The minimum atomic E-state index is -0.274. The van der Waals surface area contributed by atoms with Gasteiger partial charge in [0.05, 0.1) is 10.6 Å². The molecule has 4 aromatic heterocycles. The van der Waals surface area contributed by atoms with Gasteiger partial charge in [0.2, 0.25) is 5.58 Å². The number of hydrogen-bond acceptors (Lipinski definition) is 7. The lowest BCUT2D eigenvalue weighted by atomic mass is 10.2. The van der Waals surface area contributed by atoms with E-state index in [0.29, 0.717) is 22.7 Å². The SMILES string of the molecule is Cn1c(SCc2nc3c(oc4ccccc43)c(=O)[nH]2)nnc1-c1cccs1. The van der Waals surface area contributed by atoms with E-state index in [1.165, 1.54) is 11.8 Å². The van der Waals surface area contributed by atoms with E-state index in [0.717, 1.165) is 21.2 Å². The average molecular weight is 395 g/mol. The number of fused-ring (bicyclic) bond motifs is 3. The highest BCUT2D eigenvalue weighted by Crippen LogP contribution is 2.28. The Bertz CT molecular complexity index is 1320. The van der Waals surface area contributed by atoms with Crippen LogP contribution < -0.4 is 5.56 Å². The topological polar surface area (TPSA) is 89.6 Å². The molecular weight excluding hydrogens is 382 g/mol. The van der Waals surface area contributed by atoms with E-state index in [-0.39, 0.29) is 11.1 Å². The molecule has 9 heteroatoms. The number of aromatic nitrogens is 5. The predicted octanol–water partition coefficient (Wildman–Crippen LogP) is 3.82. The molecule has 5 aromatic rings. The number of nitrogens with one attached hydrogen (secondary N) is 1. The molecule has 0 bridgehead atoms. The number of hydrogen-bond donors (Lipinski definition) is 1. The largest absolute Gasteiger partial charge is 0.449 e. The molecule has 134 valence electrons. The maximum Gasteiger partial charge on any atom is 0.294 e. The summed E-state index contributed by atoms with van der Waals surface area (Å²) in [7, 11) is 1.93. The maximum absolute atomic E-state index is 12.4. The van der Waals surface area contributed by atoms with Gasteiger partial charge >= 0.3 is 0 Å². The predicted molar refractivity (Wildman–Crippen MR) is 106 cm³/mol. The van der Waals surface area contributed by atoms with Crippen LogP contribution in [0.4, 0.5) is 0 Å². The maximum atomic E-state index is 12.4. The van der Waals surface area contributed by atoms with Gasteiger partial charge in [0.1, 0.15) is 16.9 Å². The zero-order chi connectivity index (χ0) is 18.4. The van der Waals surface area contributed by atoms with E-state index in [2.05, 4.69) is 20.2 Å². The minimum Gasteiger partial charge on any atom is -0.449 e. The summed E-state index contributed by atoms with van der Waals surface area (Å²) in [6.07, 6.45) is 0. The second-order valence-corrected chi connectivity index (χ2v) is 7.81. The number of thioether (sulfide) groups is 1. The molecule has 1 N–H and O–H groups in total. The van der Waals surface area contributed by atoms with Crippen molar-refractivity contribution in [3.63, 3.8) is 0 Å². The Kier molecular flexibility index (Phi) is 3.83. The first kappa shape index (κ1) is 16.3. The molecule has 0 saturated carbocycles. The fraction of sp³-hybridized carbons (Fsp3) is 0.111. The Balaban J connectivity index is 1.47. The third-order valence-corrected chi connectivity index (χ3v) is 6.09. The highest BCUT2D eigenvalue weighted by molar-refractivity contribution is 7.98. The molecule has 0 radical (unpaired) electrons. The second-order valence-electron chi connectivity index (χ2n) is 5.92. The monoisotopic (exact) mass is 395 g/mol. The van der Waals surface area contributed by atoms with Crippen molar-refractivity contribution in [3.8, 4) is 10.7 Å². The van der Waals surface area contributed by atoms with Gasteiger partial charge in [-0.1, -0.05) is 30.0 Å². The van der Waals surface area contributed by atoms with Crippen LogP contribution in [0.5, 0.6) is 0 Å². The van der Waals surface area contributed by atoms with Crippen molar-refractivity contribution in [3.05, 3.63) is 58.0 Å². The Hall–Kier alpha value is -2.91. The first-order valence-corrected chi connectivity index (χ1v) is 10.0. The van der Waals surface area contributed by atoms with Gasteiger partial charge < -0.3 is 14.0 Å². The summed E-state index contributed by atoms with van der Waals surface area (Å²) < 4.78 is 7.57. The number of furan rings is 1. The first-order chi connectivity index (χ1) is 13.2. The van der Waals surface area contributed by atoms with Gasteiger partial charge in [0.25, 0.3) is 5.56 Å². The first-order valence-electron chi connectivity index (χ1n) is 8.17. The zero-order valence-corrected chi connectivity index (χ0v) is 15.8. The molecule has 5 rings (SSSR count). The molecule has 0 atom stereocenters. The molecular formula is C18H13N5O2S2. The van der Waals surface area contributed by atoms with Crippen molar-refractivity contribution in [2.24, 2.45) is 7.05 Å². The smallest absolute Gasteiger partial charge is 0.294 e. The zero-order valence-electron chi connectivity index (χ0n) is 14.2. The highest BCUT2D eigenvalue weighted by Gasteiger charge is 2.15. The second kappa shape index (κ2) is 6.36. The molecule has 0 aliphatic heterocycles. The lowest BCUT2D eigenvalue weighted by Crippen LogP contribution is -2.10. The van der Waals surface area contributed by atoms with Gasteiger partial charge in [-0.3, -0.25) is 4.79 Å². The molecule has 0 fully saturated rings. The quantitative estimate of drug-likeness (QED) is 0.465. The van der Waals surface area contributed by atoms with E-state index >= 15 is 0 Å². The van der Waals surface area contributed by atoms with E-state index in [1.54, 1.807) is 11.3 Å². The fourth-order valence-electron chi connectivity index (χ4n) is 2.91. The van der Waals surface area contributed by atoms with Gasteiger partial charge in [-0.25, -0.2) is 4.98 Å². The minimum absolute atomic E-state index is 0.253. The lowest BCUT2D eigenvalue weighted by molar-refractivity contribution is 0.660. The fourth-order valence-corrected chi connectivity index (χ4v) is 4.43. The van der Waals surface area contributed by atoms with Crippen molar-refractivity contribution >= 4 is 45.2 Å². The number of para-hydroxylation sites is 1. The summed E-state index contributed by atoms with van der Waals surface area (Å²) in [6, 6.07) is 11.5. The number of rotatable bonds is 4. The van der Waals surface area contributed by atoms with Crippen molar-refractivity contribution in [1.82, 2.24) is 24.7 Å². The van der Waals surface area contributed by atoms with Crippen LogP contribution in [0, 0.1) is 0 Å². The van der Waals surface area contributed by atoms with Crippen molar-refractivity contribution in [2.75, 3.05) is 0 Å². The number of aromatic amines is 1. The Morgan fingerprint density at radius 3 is 2.96 bits per heavy atom. The molecule has 4 heterocycles. The Morgan fingerprint density at radius 2 is 2.11 bits per heavy atom. The van der Waals surface area contributed by atoms with Crippen LogP contribution in [0.25, 0.3) is 32.8 Å². The van der Waals surface area contributed by atoms with E-state index in [4.69, 9.17) is 4.42 Å². The number of benzene rings is 1. The highest BCUT2D eigenvalue weighted by atomic mass is 32.2. The van der Waals surface area contributed by atoms with Crippen LogP contribution in [0.3, 0.4) is 0 Å². The summed E-state index contributed by atoms with van der Waals surface area (Å²) in [5.74, 6) is 1.87.